The highest BCUT2D eigenvalue weighted by atomic mass is 79.9. The molecule has 0 saturated carbocycles. The van der Waals surface area contributed by atoms with Crippen molar-refractivity contribution in [3.05, 3.63) is 28.2 Å². The standard InChI is InChI=1S/C13H18BrNO2/c1-4-15-13(16)8-17-12-6-5-10(14)7-11(12)9(2)3/h5-7,9H,4,8H2,1-3H3,(H,15,16). The van der Waals surface area contributed by atoms with Crippen LogP contribution in [0.3, 0.4) is 0 Å². The molecule has 0 aliphatic carbocycles. The minimum Gasteiger partial charge on any atom is -0.483 e. The summed E-state index contributed by atoms with van der Waals surface area (Å²) >= 11 is 3.43. The van der Waals surface area contributed by atoms with Crippen LogP contribution in [0.1, 0.15) is 32.3 Å². The average molecular weight is 300 g/mol. The number of hydrogen-bond acceptors (Lipinski definition) is 2. The molecule has 0 aliphatic rings. The second kappa shape index (κ2) is 6.64. The number of hydrogen-bond donors (Lipinski definition) is 1. The normalized spacial score (nSPS) is 10.4. The number of likely N-dealkylation sites (N-methyl/N-ethyl adjacent to an activating group) is 1. The molecule has 17 heavy (non-hydrogen) atoms. The third-order valence-electron chi connectivity index (χ3n) is 2.33. The van der Waals surface area contributed by atoms with Crippen molar-refractivity contribution < 1.29 is 9.53 Å². The number of carbonyl (C=O) groups excluding carboxylic acids is 1. The van der Waals surface area contributed by atoms with Gasteiger partial charge in [0.1, 0.15) is 5.75 Å². The van der Waals surface area contributed by atoms with Crippen LogP contribution in [-0.4, -0.2) is 19.1 Å². The van der Waals surface area contributed by atoms with Crippen LogP contribution in [0.15, 0.2) is 22.7 Å². The summed E-state index contributed by atoms with van der Waals surface area (Å²) in [6.07, 6.45) is 0. The molecule has 1 rings (SSSR count). The summed E-state index contributed by atoms with van der Waals surface area (Å²) < 4.78 is 6.55. The highest BCUT2D eigenvalue weighted by Crippen LogP contribution is 2.29. The molecule has 0 saturated heterocycles. The maximum Gasteiger partial charge on any atom is 0.257 e. The highest BCUT2D eigenvalue weighted by molar-refractivity contribution is 9.10. The van der Waals surface area contributed by atoms with E-state index in [1.165, 1.54) is 0 Å². The van der Waals surface area contributed by atoms with Gasteiger partial charge in [-0.25, -0.2) is 0 Å². The zero-order valence-corrected chi connectivity index (χ0v) is 12.0. The fraction of sp³-hybridized carbons (Fsp3) is 0.462. The Balaban J connectivity index is 2.73. The number of ether oxygens (including phenoxy) is 1. The summed E-state index contributed by atoms with van der Waals surface area (Å²) in [7, 11) is 0. The first-order valence-electron chi connectivity index (χ1n) is 5.73. The number of amides is 1. The van der Waals surface area contributed by atoms with Gasteiger partial charge in [0.2, 0.25) is 0 Å². The van der Waals surface area contributed by atoms with Crippen LogP contribution in [-0.2, 0) is 4.79 Å². The Morgan fingerprint density at radius 3 is 2.76 bits per heavy atom. The summed E-state index contributed by atoms with van der Waals surface area (Å²) in [6.45, 7) is 6.77. The van der Waals surface area contributed by atoms with Crippen molar-refractivity contribution in [1.29, 1.82) is 0 Å². The van der Waals surface area contributed by atoms with Crippen LogP contribution >= 0.6 is 15.9 Å². The van der Waals surface area contributed by atoms with Gasteiger partial charge in [-0.1, -0.05) is 29.8 Å². The number of benzene rings is 1. The van der Waals surface area contributed by atoms with Crippen LogP contribution in [0.25, 0.3) is 0 Å². The fourth-order valence-electron chi connectivity index (χ4n) is 1.49. The number of rotatable bonds is 5. The molecule has 3 nitrogen and oxygen atoms in total. The summed E-state index contributed by atoms with van der Waals surface area (Å²) in [5.74, 6) is 1.04. The Labute approximate surface area is 111 Å². The summed E-state index contributed by atoms with van der Waals surface area (Å²) in [5.41, 5.74) is 1.10. The molecule has 0 radical (unpaired) electrons. The molecule has 1 aromatic carbocycles. The van der Waals surface area contributed by atoms with Crippen LogP contribution in [0.2, 0.25) is 0 Å². The summed E-state index contributed by atoms with van der Waals surface area (Å²) in [5, 5.41) is 2.70. The van der Waals surface area contributed by atoms with E-state index in [0.29, 0.717) is 12.5 Å². The van der Waals surface area contributed by atoms with E-state index in [0.717, 1.165) is 15.8 Å². The lowest BCUT2D eigenvalue weighted by Gasteiger charge is -2.14. The van der Waals surface area contributed by atoms with Gasteiger partial charge in [0, 0.05) is 11.0 Å². The monoisotopic (exact) mass is 299 g/mol. The Hall–Kier alpha value is -1.03. The van der Waals surface area contributed by atoms with Crippen molar-refractivity contribution >= 4 is 21.8 Å². The molecule has 0 fully saturated rings. The first-order chi connectivity index (χ1) is 8.04. The van der Waals surface area contributed by atoms with Gasteiger partial charge >= 0.3 is 0 Å². The molecule has 0 spiro atoms. The summed E-state index contributed by atoms with van der Waals surface area (Å²) in [4.78, 5) is 11.3. The SMILES string of the molecule is CCNC(=O)COc1ccc(Br)cc1C(C)C. The van der Waals surface area contributed by atoms with Crippen molar-refractivity contribution in [2.75, 3.05) is 13.2 Å². The second-order valence-electron chi connectivity index (χ2n) is 4.08. The molecule has 4 heteroatoms. The van der Waals surface area contributed by atoms with E-state index in [9.17, 15) is 4.79 Å². The first kappa shape index (κ1) is 14.0. The van der Waals surface area contributed by atoms with Crippen molar-refractivity contribution in [2.24, 2.45) is 0 Å². The van der Waals surface area contributed by atoms with E-state index in [1.807, 2.05) is 25.1 Å². The molecule has 1 aromatic rings. The van der Waals surface area contributed by atoms with Crippen molar-refractivity contribution in [3.8, 4) is 5.75 Å². The van der Waals surface area contributed by atoms with Gasteiger partial charge in [-0.3, -0.25) is 4.79 Å². The van der Waals surface area contributed by atoms with Crippen LogP contribution < -0.4 is 10.1 Å². The van der Waals surface area contributed by atoms with Gasteiger partial charge in [-0.15, -0.1) is 0 Å². The first-order valence-corrected chi connectivity index (χ1v) is 6.52. The topological polar surface area (TPSA) is 38.3 Å². The van der Waals surface area contributed by atoms with Gasteiger partial charge in [0.15, 0.2) is 6.61 Å². The second-order valence-corrected chi connectivity index (χ2v) is 4.99. The zero-order chi connectivity index (χ0) is 12.8. The van der Waals surface area contributed by atoms with Crippen LogP contribution in [0.5, 0.6) is 5.75 Å². The van der Waals surface area contributed by atoms with Gasteiger partial charge in [-0.2, -0.15) is 0 Å². The quantitative estimate of drug-likeness (QED) is 0.907. The summed E-state index contributed by atoms with van der Waals surface area (Å²) in [6, 6.07) is 5.83. The van der Waals surface area contributed by atoms with Crippen molar-refractivity contribution in [3.63, 3.8) is 0 Å². The molecular formula is C13H18BrNO2. The lowest BCUT2D eigenvalue weighted by Crippen LogP contribution is -2.28. The van der Waals surface area contributed by atoms with E-state index >= 15 is 0 Å². The predicted molar refractivity (Wildman–Crippen MR) is 72.4 cm³/mol. The largest absolute Gasteiger partial charge is 0.483 e. The Bertz CT molecular complexity index is 391. The van der Waals surface area contributed by atoms with Gasteiger partial charge < -0.3 is 10.1 Å². The average Bonchev–Trinajstić information content (AvgIpc) is 2.27. The van der Waals surface area contributed by atoms with Crippen molar-refractivity contribution in [1.82, 2.24) is 5.32 Å². The third-order valence-corrected chi connectivity index (χ3v) is 2.82. The minimum atomic E-state index is -0.0925. The maximum absolute atomic E-state index is 11.3. The molecule has 0 aromatic heterocycles. The number of halogens is 1. The predicted octanol–water partition coefficient (Wildman–Crippen LogP) is 3.09. The van der Waals surface area contributed by atoms with E-state index in [1.54, 1.807) is 0 Å². The molecule has 1 N–H and O–H groups in total. The molecule has 0 bridgehead atoms. The van der Waals surface area contributed by atoms with E-state index in [4.69, 9.17) is 4.74 Å². The van der Waals surface area contributed by atoms with E-state index in [2.05, 4.69) is 35.1 Å². The third kappa shape index (κ3) is 4.38. The fourth-order valence-corrected chi connectivity index (χ4v) is 1.87. The Morgan fingerprint density at radius 2 is 2.18 bits per heavy atom. The van der Waals surface area contributed by atoms with Gasteiger partial charge in [0.05, 0.1) is 0 Å². The number of carbonyl (C=O) groups is 1. The molecule has 0 heterocycles. The van der Waals surface area contributed by atoms with E-state index < -0.39 is 0 Å². The highest BCUT2D eigenvalue weighted by Gasteiger charge is 2.10. The lowest BCUT2D eigenvalue weighted by atomic mass is 10.0. The molecule has 1 amide bonds. The smallest absolute Gasteiger partial charge is 0.257 e. The lowest BCUT2D eigenvalue weighted by molar-refractivity contribution is -0.122. The van der Waals surface area contributed by atoms with E-state index in [-0.39, 0.29) is 12.5 Å². The van der Waals surface area contributed by atoms with Gasteiger partial charge in [-0.05, 0) is 36.6 Å². The Kier molecular flexibility index (Phi) is 5.48. The molecular weight excluding hydrogens is 282 g/mol. The molecule has 0 aliphatic heterocycles. The molecule has 0 atom stereocenters. The van der Waals surface area contributed by atoms with Crippen LogP contribution in [0, 0.1) is 0 Å². The maximum atomic E-state index is 11.3. The molecule has 0 unspecified atom stereocenters. The minimum absolute atomic E-state index is 0.0647. The molecule has 94 valence electrons. The Morgan fingerprint density at radius 1 is 1.47 bits per heavy atom. The van der Waals surface area contributed by atoms with Crippen molar-refractivity contribution in [2.45, 2.75) is 26.7 Å². The van der Waals surface area contributed by atoms with Gasteiger partial charge in [0.25, 0.3) is 5.91 Å². The van der Waals surface area contributed by atoms with Crippen LogP contribution in [0.4, 0.5) is 0 Å². The zero-order valence-electron chi connectivity index (χ0n) is 10.4. The number of nitrogens with one attached hydrogen (secondary N) is 1.